The monoisotopic (exact) mass is 513 g/mol. The molecule has 8 heteroatoms. The number of carbonyl (C=O) groups excluding carboxylic acids is 1. The highest BCUT2D eigenvalue weighted by molar-refractivity contribution is 6.10. The van der Waals surface area contributed by atoms with Crippen LogP contribution in [-0.4, -0.2) is 60.4 Å². The van der Waals surface area contributed by atoms with Gasteiger partial charge in [-0.2, -0.15) is 5.10 Å². The van der Waals surface area contributed by atoms with Gasteiger partial charge in [-0.15, -0.1) is 0 Å². The molecular formula is C30H35N5O3. The number of nitrogens with one attached hydrogen (secondary N) is 3. The van der Waals surface area contributed by atoms with Gasteiger partial charge in [0.2, 0.25) is 0 Å². The highest BCUT2D eigenvalue weighted by Gasteiger charge is 2.20. The molecule has 0 spiro atoms. The van der Waals surface area contributed by atoms with Gasteiger partial charge >= 0.3 is 0 Å². The highest BCUT2D eigenvalue weighted by atomic mass is 16.5. The van der Waals surface area contributed by atoms with E-state index in [1.807, 2.05) is 73.7 Å². The zero-order chi connectivity index (χ0) is 26.3. The van der Waals surface area contributed by atoms with Gasteiger partial charge in [-0.3, -0.25) is 9.89 Å². The Balaban J connectivity index is 1.19. The van der Waals surface area contributed by atoms with E-state index in [2.05, 4.69) is 32.8 Å². The normalized spacial score (nSPS) is 14.5. The number of aromatic amines is 1. The molecule has 0 aliphatic carbocycles. The maximum absolute atomic E-state index is 13.3. The number of hydrogen-bond acceptors (Lipinski definition) is 6. The molecule has 38 heavy (non-hydrogen) atoms. The van der Waals surface area contributed by atoms with Gasteiger partial charge in [0.1, 0.15) is 12.4 Å². The fourth-order valence-electron chi connectivity index (χ4n) is 4.69. The molecule has 1 saturated heterocycles. The molecule has 3 N–H and O–H groups in total. The molecule has 1 aliphatic heterocycles. The predicted molar refractivity (Wildman–Crippen MR) is 151 cm³/mol. The minimum atomic E-state index is -0.190. The molecule has 1 amide bonds. The number of hydrogen-bond donors (Lipinski definition) is 3. The van der Waals surface area contributed by atoms with Gasteiger partial charge in [-0.05, 0) is 75.3 Å². The van der Waals surface area contributed by atoms with Crippen LogP contribution >= 0.6 is 0 Å². The molecule has 3 aromatic carbocycles. The average molecular weight is 514 g/mol. The summed E-state index contributed by atoms with van der Waals surface area (Å²) in [6.07, 6.45) is 2.11. The van der Waals surface area contributed by atoms with Gasteiger partial charge in [-0.25, -0.2) is 0 Å². The van der Waals surface area contributed by atoms with Crippen molar-refractivity contribution >= 4 is 28.3 Å². The second-order valence-electron chi connectivity index (χ2n) is 9.89. The van der Waals surface area contributed by atoms with E-state index in [4.69, 9.17) is 9.47 Å². The van der Waals surface area contributed by atoms with Crippen LogP contribution in [0.2, 0.25) is 0 Å². The second-order valence-corrected chi connectivity index (χ2v) is 9.89. The third kappa shape index (κ3) is 6.51. The van der Waals surface area contributed by atoms with Crippen molar-refractivity contribution in [3.63, 3.8) is 0 Å². The van der Waals surface area contributed by atoms with Crippen molar-refractivity contribution in [1.29, 1.82) is 0 Å². The standard InChI is InChI=1S/C30H35N5O3/c1-21-8-10-26(27(18-21)31-23-12-14-35(2)15-13-23)30(36)32-29-25-11-9-24(19-28(25)33-34-29)38-17-16-37-20-22-6-4-3-5-7-22/h3-11,18-19,23,31H,12-17,20H2,1-2H3,(H2,32,33,34,36). The lowest BCUT2D eigenvalue weighted by Gasteiger charge is -2.30. The number of aromatic nitrogens is 2. The van der Waals surface area contributed by atoms with E-state index in [0.29, 0.717) is 43.0 Å². The molecule has 2 heterocycles. The number of rotatable bonds is 10. The molecule has 0 bridgehead atoms. The number of H-pyrrole nitrogens is 1. The highest BCUT2D eigenvalue weighted by Crippen LogP contribution is 2.27. The van der Waals surface area contributed by atoms with E-state index in [0.717, 1.165) is 53.6 Å². The summed E-state index contributed by atoms with van der Waals surface area (Å²) in [6.45, 7) is 5.63. The third-order valence-corrected chi connectivity index (χ3v) is 6.87. The van der Waals surface area contributed by atoms with Crippen LogP contribution in [0.5, 0.6) is 5.75 Å². The van der Waals surface area contributed by atoms with E-state index in [1.165, 1.54) is 0 Å². The molecule has 1 aliphatic rings. The number of amides is 1. The van der Waals surface area contributed by atoms with Crippen molar-refractivity contribution in [2.75, 3.05) is 44.0 Å². The van der Waals surface area contributed by atoms with Gasteiger partial charge in [0.15, 0.2) is 5.82 Å². The molecule has 1 aromatic heterocycles. The fraction of sp³-hybridized carbons (Fsp3) is 0.333. The number of aryl methyl sites for hydroxylation is 1. The zero-order valence-electron chi connectivity index (χ0n) is 22.0. The van der Waals surface area contributed by atoms with Crippen molar-refractivity contribution < 1.29 is 14.3 Å². The predicted octanol–water partition coefficient (Wildman–Crippen LogP) is 5.23. The van der Waals surface area contributed by atoms with Crippen LogP contribution in [0.3, 0.4) is 0 Å². The summed E-state index contributed by atoms with van der Waals surface area (Å²) in [7, 11) is 2.15. The van der Waals surface area contributed by atoms with E-state index >= 15 is 0 Å². The number of ether oxygens (including phenoxy) is 2. The average Bonchev–Trinajstić information content (AvgIpc) is 3.32. The summed E-state index contributed by atoms with van der Waals surface area (Å²) in [5.41, 5.74) is 4.51. The molecule has 4 aromatic rings. The summed E-state index contributed by atoms with van der Waals surface area (Å²) < 4.78 is 11.5. The van der Waals surface area contributed by atoms with Crippen LogP contribution in [0.25, 0.3) is 10.9 Å². The van der Waals surface area contributed by atoms with Crippen LogP contribution in [0.4, 0.5) is 11.5 Å². The van der Waals surface area contributed by atoms with E-state index in [1.54, 1.807) is 0 Å². The first-order valence-electron chi connectivity index (χ1n) is 13.1. The van der Waals surface area contributed by atoms with Crippen LogP contribution in [0.15, 0.2) is 66.7 Å². The summed E-state index contributed by atoms with van der Waals surface area (Å²) in [5.74, 6) is 1.02. The molecule has 198 valence electrons. The topological polar surface area (TPSA) is 91.5 Å². The molecular weight excluding hydrogens is 478 g/mol. The van der Waals surface area contributed by atoms with Gasteiger partial charge < -0.3 is 25.0 Å². The lowest BCUT2D eigenvalue weighted by molar-refractivity contribution is 0.0889. The number of carbonyl (C=O) groups is 1. The van der Waals surface area contributed by atoms with Crippen LogP contribution in [-0.2, 0) is 11.3 Å². The first-order chi connectivity index (χ1) is 18.5. The maximum Gasteiger partial charge on any atom is 0.258 e. The summed E-state index contributed by atoms with van der Waals surface area (Å²) >= 11 is 0. The van der Waals surface area contributed by atoms with E-state index in [-0.39, 0.29) is 5.91 Å². The Labute approximate surface area is 223 Å². The number of anilines is 2. The fourth-order valence-corrected chi connectivity index (χ4v) is 4.69. The van der Waals surface area contributed by atoms with Gasteiger partial charge in [-0.1, -0.05) is 36.4 Å². The molecule has 0 unspecified atom stereocenters. The molecule has 1 fully saturated rings. The Bertz CT molecular complexity index is 1360. The minimum Gasteiger partial charge on any atom is -0.491 e. The van der Waals surface area contributed by atoms with Crippen molar-refractivity contribution in [3.05, 3.63) is 83.4 Å². The smallest absolute Gasteiger partial charge is 0.258 e. The van der Waals surface area contributed by atoms with Gasteiger partial charge in [0, 0.05) is 23.2 Å². The lowest BCUT2D eigenvalue weighted by atomic mass is 10.0. The Morgan fingerprint density at radius 3 is 2.68 bits per heavy atom. The SMILES string of the molecule is Cc1ccc(C(=O)Nc2n[nH]c3cc(OCCOCc4ccccc4)ccc23)c(NC2CCN(C)CC2)c1. The van der Waals surface area contributed by atoms with E-state index < -0.39 is 0 Å². The van der Waals surface area contributed by atoms with Crippen LogP contribution in [0, 0.1) is 6.92 Å². The van der Waals surface area contributed by atoms with Gasteiger partial charge in [0.05, 0.1) is 24.3 Å². The number of fused-ring (bicyclic) bond motifs is 1. The summed E-state index contributed by atoms with van der Waals surface area (Å²) in [5, 5.41) is 14.8. The Morgan fingerprint density at radius 2 is 1.87 bits per heavy atom. The zero-order valence-corrected chi connectivity index (χ0v) is 22.0. The minimum absolute atomic E-state index is 0.190. The van der Waals surface area contributed by atoms with Crippen molar-refractivity contribution in [3.8, 4) is 5.75 Å². The molecule has 0 saturated carbocycles. The summed E-state index contributed by atoms with van der Waals surface area (Å²) in [6, 6.07) is 22.0. The quantitative estimate of drug-likeness (QED) is 0.252. The Kier molecular flexibility index (Phi) is 8.21. The molecule has 8 nitrogen and oxygen atoms in total. The molecule has 0 atom stereocenters. The number of benzene rings is 3. The number of piperidine rings is 1. The molecule has 0 radical (unpaired) electrons. The summed E-state index contributed by atoms with van der Waals surface area (Å²) in [4.78, 5) is 15.6. The second kappa shape index (κ2) is 12.1. The van der Waals surface area contributed by atoms with Crippen molar-refractivity contribution in [1.82, 2.24) is 15.1 Å². The third-order valence-electron chi connectivity index (χ3n) is 6.87. The van der Waals surface area contributed by atoms with Crippen molar-refractivity contribution in [2.24, 2.45) is 0 Å². The number of nitrogens with zero attached hydrogens (tertiary/aromatic N) is 2. The lowest BCUT2D eigenvalue weighted by Crippen LogP contribution is -2.37. The Morgan fingerprint density at radius 1 is 1.05 bits per heavy atom. The maximum atomic E-state index is 13.3. The first kappa shape index (κ1) is 25.8. The van der Waals surface area contributed by atoms with Crippen molar-refractivity contribution in [2.45, 2.75) is 32.4 Å². The Hall–Kier alpha value is -3.88. The first-order valence-corrected chi connectivity index (χ1v) is 13.1. The van der Waals surface area contributed by atoms with Crippen LogP contribution < -0.4 is 15.4 Å². The largest absolute Gasteiger partial charge is 0.491 e. The van der Waals surface area contributed by atoms with Crippen LogP contribution in [0.1, 0.15) is 34.3 Å². The van der Waals surface area contributed by atoms with E-state index in [9.17, 15) is 4.79 Å². The van der Waals surface area contributed by atoms with Gasteiger partial charge in [0.25, 0.3) is 5.91 Å². The molecule has 5 rings (SSSR count). The number of likely N-dealkylation sites (tertiary alicyclic amines) is 1.